The van der Waals surface area contributed by atoms with Crippen LogP contribution in [0.2, 0.25) is 10.0 Å². The van der Waals surface area contributed by atoms with E-state index in [0.29, 0.717) is 60.2 Å². The zero-order chi connectivity index (χ0) is 27.6. The van der Waals surface area contributed by atoms with Crippen LogP contribution in [0.1, 0.15) is 44.4 Å². The smallest absolute Gasteiger partial charge is 0.338 e. The van der Waals surface area contributed by atoms with Gasteiger partial charge in [-0.1, -0.05) is 60.5 Å². The maximum Gasteiger partial charge on any atom is 0.338 e. The number of nitrogens with zero attached hydrogens (tertiary/aromatic N) is 2. The van der Waals surface area contributed by atoms with E-state index in [1.54, 1.807) is 50.4 Å². The molecule has 200 valence electrons. The molecule has 0 N–H and O–H groups in total. The first-order valence-corrected chi connectivity index (χ1v) is 13.6. The molecule has 0 bridgehead atoms. The van der Waals surface area contributed by atoms with Gasteiger partial charge in [0.1, 0.15) is 0 Å². The molecule has 4 rings (SSSR count). The number of carbonyl (C=O) groups is 1. The molecule has 7 nitrogen and oxygen atoms in total. The van der Waals surface area contributed by atoms with E-state index in [0.717, 1.165) is 6.42 Å². The van der Waals surface area contributed by atoms with Gasteiger partial charge in [0.15, 0.2) is 16.3 Å². The van der Waals surface area contributed by atoms with Crippen LogP contribution in [0, 0.1) is 5.92 Å². The number of rotatable bonds is 8. The minimum absolute atomic E-state index is 0.270. The summed E-state index contributed by atoms with van der Waals surface area (Å²) in [7, 11) is 2.86. The van der Waals surface area contributed by atoms with Crippen molar-refractivity contribution in [2.24, 2.45) is 10.9 Å². The molecule has 0 fully saturated rings. The van der Waals surface area contributed by atoms with Gasteiger partial charge < -0.3 is 14.2 Å². The van der Waals surface area contributed by atoms with Crippen molar-refractivity contribution in [1.29, 1.82) is 0 Å². The fraction of sp³-hybridized carbons (Fsp3) is 0.321. The van der Waals surface area contributed by atoms with Crippen molar-refractivity contribution < 1.29 is 19.0 Å². The summed E-state index contributed by atoms with van der Waals surface area (Å²) >= 11 is 13.6. The molecule has 3 aromatic rings. The summed E-state index contributed by atoms with van der Waals surface area (Å²) in [4.78, 5) is 31.7. The molecular formula is C28H28Cl2N2O5S. The molecule has 0 amide bonds. The summed E-state index contributed by atoms with van der Waals surface area (Å²) in [6.07, 6.45) is 2.59. The zero-order valence-corrected chi connectivity index (χ0v) is 24.0. The molecule has 1 aliphatic heterocycles. The number of ether oxygens (including phenoxy) is 3. The molecule has 0 saturated carbocycles. The van der Waals surface area contributed by atoms with E-state index in [9.17, 15) is 9.59 Å². The molecule has 1 aliphatic rings. The molecule has 0 aliphatic carbocycles. The number of fused-ring (bicyclic) bond motifs is 1. The molecular weight excluding hydrogens is 547 g/mol. The van der Waals surface area contributed by atoms with Gasteiger partial charge in [0.05, 0.1) is 42.7 Å². The lowest BCUT2D eigenvalue weighted by Crippen LogP contribution is -2.39. The largest absolute Gasteiger partial charge is 0.493 e. The second-order valence-electron chi connectivity index (χ2n) is 9.18. The number of halogens is 2. The number of aromatic nitrogens is 1. The average molecular weight is 576 g/mol. The maximum atomic E-state index is 13.8. The Balaban J connectivity index is 1.88. The first-order valence-electron chi connectivity index (χ1n) is 12.0. The summed E-state index contributed by atoms with van der Waals surface area (Å²) < 4.78 is 18.6. The molecule has 1 unspecified atom stereocenters. The fourth-order valence-electron chi connectivity index (χ4n) is 4.15. The molecule has 0 spiro atoms. The third-order valence-corrected chi connectivity index (χ3v) is 7.68. The second-order valence-corrected chi connectivity index (χ2v) is 11.0. The average Bonchev–Trinajstić information content (AvgIpc) is 3.18. The minimum Gasteiger partial charge on any atom is -0.493 e. The van der Waals surface area contributed by atoms with Gasteiger partial charge in [0, 0.05) is 10.0 Å². The van der Waals surface area contributed by atoms with Crippen molar-refractivity contribution in [2.75, 3.05) is 20.8 Å². The highest BCUT2D eigenvalue weighted by atomic mass is 35.5. The van der Waals surface area contributed by atoms with Crippen molar-refractivity contribution in [1.82, 2.24) is 4.57 Å². The maximum absolute atomic E-state index is 13.8. The van der Waals surface area contributed by atoms with Crippen LogP contribution in [0.25, 0.3) is 6.08 Å². The van der Waals surface area contributed by atoms with Crippen LogP contribution in [-0.4, -0.2) is 31.4 Å². The van der Waals surface area contributed by atoms with Crippen LogP contribution in [0.3, 0.4) is 0 Å². The van der Waals surface area contributed by atoms with E-state index in [1.807, 2.05) is 6.07 Å². The molecule has 38 heavy (non-hydrogen) atoms. The zero-order valence-electron chi connectivity index (χ0n) is 21.7. The van der Waals surface area contributed by atoms with E-state index in [4.69, 9.17) is 37.4 Å². The Morgan fingerprint density at radius 2 is 1.92 bits per heavy atom. The number of methoxy groups -OCH3 is 2. The number of benzene rings is 2. The summed E-state index contributed by atoms with van der Waals surface area (Å²) in [5.74, 6) is 1.02. The van der Waals surface area contributed by atoms with Crippen molar-refractivity contribution in [3.63, 3.8) is 0 Å². The normalized spacial score (nSPS) is 15.4. The Morgan fingerprint density at radius 1 is 1.16 bits per heavy atom. The number of carbonyl (C=O) groups excluding carboxylic acids is 1. The minimum atomic E-state index is -0.778. The highest BCUT2D eigenvalue weighted by Gasteiger charge is 2.33. The standard InChI is InChI=1S/C28H28Cl2N2O5S/c1-15(2)10-11-37-21-9-7-18(12-22(21)35-4)25-24(27(34)36-5)16(3)31-28-32(25)26(33)23(38-28)13-17-6-8-19(29)14-20(17)30/h6-9,12-15,25H,10-11H2,1-5H3/b23-13-. The number of hydrogen-bond donors (Lipinski definition) is 0. The predicted octanol–water partition coefficient (Wildman–Crippen LogP) is 5.15. The van der Waals surface area contributed by atoms with E-state index in [1.165, 1.54) is 23.0 Å². The van der Waals surface area contributed by atoms with Crippen LogP contribution in [-0.2, 0) is 9.53 Å². The first-order chi connectivity index (χ1) is 18.1. The topological polar surface area (TPSA) is 79.1 Å². The van der Waals surface area contributed by atoms with Crippen LogP contribution in [0.15, 0.2) is 57.5 Å². The Morgan fingerprint density at radius 3 is 2.58 bits per heavy atom. The van der Waals surface area contributed by atoms with Gasteiger partial charge in [-0.05, 0) is 60.7 Å². The quantitative estimate of drug-likeness (QED) is 0.348. The molecule has 2 aromatic carbocycles. The van der Waals surface area contributed by atoms with Crippen molar-refractivity contribution in [3.05, 3.63) is 88.5 Å². The number of thiazole rings is 1. The van der Waals surface area contributed by atoms with Gasteiger partial charge in [-0.25, -0.2) is 9.79 Å². The van der Waals surface area contributed by atoms with Gasteiger partial charge >= 0.3 is 5.97 Å². The highest BCUT2D eigenvalue weighted by molar-refractivity contribution is 7.07. The van der Waals surface area contributed by atoms with Crippen LogP contribution >= 0.6 is 34.5 Å². The van der Waals surface area contributed by atoms with E-state index in [-0.39, 0.29) is 11.1 Å². The first kappa shape index (κ1) is 28.0. The monoisotopic (exact) mass is 574 g/mol. The summed E-state index contributed by atoms with van der Waals surface area (Å²) in [6.45, 7) is 6.53. The van der Waals surface area contributed by atoms with Gasteiger partial charge in [-0.15, -0.1) is 0 Å². The summed E-state index contributed by atoms with van der Waals surface area (Å²) in [5, 5.41) is 0.918. The number of hydrogen-bond acceptors (Lipinski definition) is 7. The van der Waals surface area contributed by atoms with Gasteiger partial charge in [-0.3, -0.25) is 9.36 Å². The molecule has 10 heteroatoms. The highest BCUT2D eigenvalue weighted by Crippen LogP contribution is 2.36. The molecule has 1 atom stereocenters. The predicted molar refractivity (Wildman–Crippen MR) is 150 cm³/mol. The number of allylic oxidation sites excluding steroid dienone is 1. The lowest BCUT2D eigenvalue weighted by molar-refractivity contribution is -0.136. The molecule has 0 saturated heterocycles. The Hall–Kier alpha value is -3.07. The summed E-state index contributed by atoms with van der Waals surface area (Å²) in [5.41, 5.74) is 1.73. The Bertz CT molecular complexity index is 1590. The van der Waals surface area contributed by atoms with Crippen LogP contribution in [0.5, 0.6) is 11.5 Å². The SMILES string of the molecule is COC(=O)C1=C(C)N=c2s/c(=C\c3ccc(Cl)cc3Cl)c(=O)n2C1c1ccc(OCCC(C)C)c(OC)c1. The molecule has 0 radical (unpaired) electrons. The molecule has 1 aromatic heterocycles. The molecule has 2 heterocycles. The third kappa shape index (κ3) is 5.67. The number of esters is 1. The van der Waals surface area contributed by atoms with Crippen LogP contribution < -0.4 is 24.4 Å². The van der Waals surface area contributed by atoms with E-state index in [2.05, 4.69) is 18.8 Å². The van der Waals surface area contributed by atoms with Gasteiger partial charge in [0.25, 0.3) is 5.56 Å². The van der Waals surface area contributed by atoms with Crippen molar-refractivity contribution in [2.45, 2.75) is 33.2 Å². The summed E-state index contributed by atoms with van der Waals surface area (Å²) in [6, 6.07) is 9.69. The van der Waals surface area contributed by atoms with Gasteiger partial charge in [0.2, 0.25) is 0 Å². The van der Waals surface area contributed by atoms with E-state index >= 15 is 0 Å². The van der Waals surface area contributed by atoms with Crippen LogP contribution in [0.4, 0.5) is 0 Å². The van der Waals surface area contributed by atoms with Gasteiger partial charge in [-0.2, -0.15) is 0 Å². The Labute approximate surface area is 234 Å². The lowest BCUT2D eigenvalue weighted by Gasteiger charge is -2.25. The third-order valence-electron chi connectivity index (χ3n) is 6.13. The van der Waals surface area contributed by atoms with E-state index < -0.39 is 12.0 Å². The van der Waals surface area contributed by atoms with Crippen molar-refractivity contribution in [3.8, 4) is 11.5 Å². The fourth-order valence-corrected chi connectivity index (χ4v) is 5.65. The Kier molecular flexibility index (Phi) is 8.65. The van der Waals surface area contributed by atoms with Crippen molar-refractivity contribution >= 4 is 46.6 Å². The second kappa shape index (κ2) is 11.8. The lowest BCUT2D eigenvalue weighted by atomic mass is 9.95.